The highest BCUT2D eigenvalue weighted by atomic mass is 19.3. The third-order valence-electron chi connectivity index (χ3n) is 3.58. The largest absolute Gasteiger partial charge is 0.393 e. The number of aromatic nitrogens is 2. The van der Waals surface area contributed by atoms with Crippen LogP contribution < -0.4 is 11.4 Å². The van der Waals surface area contributed by atoms with Gasteiger partial charge in [0, 0.05) is 6.20 Å². The van der Waals surface area contributed by atoms with Gasteiger partial charge in [0.25, 0.3) is 0 Å². The van der Waals surface area contributed by atoms with Crippen LogP contribution in [0.2, 0.25) is 0 Å². The van der Waals surface area contributed by atoms with Crippen LogP contribution in [0, 0.1) is 0 Å². The normalized spacial score (nSPS) is 33.5. The highest BCUT2D eigenvalue weighted by Gasteiger charge is 2.55. The van der Waals surface area contributed by atoms with Crippen molar-refractivity contribution in [2.75, 3.05) is 12.3 Å². The van der Waals surface area contributed by atoms with Crippen molar-refractivity contribution < 1.29 is 24.4 Å². The minimum atomic E-state index is -1.45. The van der Waals surface area contributed by atoms with E-state index in [-0.39, 0.29) is 12.2 Å². The van der Waals surface area contributed by atoms with Crippen molar-refractivity contribution in [2.24, 2.45) is 0 Å². The number of aliphatic hydroxyl groups excluding tert-OH is 2. The predicted octanol–water partition coefficient (Wildman–Crippen LogP) is -0.874. The summed E-state index contributed by atoms with van der Waals surface area (Å²) in [6.45, 7) is 1.11. The maximum Gasteiger partial charge on any atom is 0.351 e. The monoisotopic (exact) mass is 289 g/mol. The number of nitrogens with zero attached hydrogens (tertiary/aromatic N) is 2. The van der Waals surface area contributed by atoms with Gasteiger partial charge in [0.05, 0.1) is 6.61 Å². The zero-order valence-corrected chi connectivity index (χ0v) is 10.8. The van der Waals surface area contributed by atoms with Crippen molar-refractivity contribution in [2.45, 2.75) is 37.4 Å². The van der Waals surface area contributed by atoms with Crippen LogP contribution in [0.3, 0.4) is 0 Å². The molecule has 0 aliphatic carbocycles. The second-order valence-corrected chi connectivity index (χ2v) is 4.63. The molecule has 2 heterocycles. The Hall–Kier alpha value is -1.55. The molecule has 0 saturated carbocycles. The number of hydrogen-bond donors (Lipinski definition) is 3. The van der Waals surface area contributed by atoms with E-state index < -0.39 is 36.3 Å². The van der Waals surface area contributed by atoms with E-state index in [0.717, 1.165) is 4.57 Å². The van der Waals surface area contributed by atoms with Gasteiger partial charge in [-0.15, -0.1) is 0 Å². The third kappa shape index (κ3) is 2.18. The van der Waals surface area contributed by atoms with Crippen molar-refractivity contribution in [3.8, 4) is 0 Å². The Labute approximate surface area is 113 Å². The molecule has 1 aromatic rings. The fourth-order valence-corrected chi connectivity index (χ4v) is 2.29. The molecule has 0 spiro atoms. The number of aliphatic hydroxyl groups is 2. The first kappa shape index (κ1) is 14.9. The molecule has 1 fully saturated rings. The summed E-state index contributed by atoms with van der Waals surface area (Å²) in [6.07, 6.45) is -2.67. The molecule has 0 aromatic carbocycles. The molecule has 1 aliphatic rings. The minimum absolute atomic E-state index is 0.00595. The summed E-state index contributed by atoms with van der Waals surface area (Å²) >= 11 is 0. The van der Waals surface area contributed by atoms with Gasteiger partial charge in [-0.05, 0) is 17.0 Å². The van der Waals surface area contributed by atoms with Gasteiger partial charge in [0.1, 0.15) is 17.5 Å². The number of anilines is 1. The Kier molecular flexibility index (Phi) is 4.04. The Morgan fingerprint density at radius 1 is 1.70 bits per heavy atom. The second kappa shape index (κ2) is 5.44. The maximum absolute atomic E-state index is 12.7. The van der Waals surface area contributed by atoms with E-state index in [1.54, 1.807) is 6.92 Å². The zero-order valence-electron chi connectivity index (χ0n) is 10.8. The van der Waals surface area contributed by atoms with E-state index in [0.29, 0.717) is 0 Å². The zero-order chi connectivity index (χ0) is 14.9. The van der Waals surface area contributed by atoms with E-state index >= 15 is 0 Å². The van der Waals surface area contributed by atoms with E-state index in [9.17, 15) is 19.5 Å². The lowest BCUT2D eigenvalue weighted by Gasteiger charge is -2.28. The van der Waals surface area contributed by atoms with Gasteiger partial charge in [-0.3, -0.25) is 4.57 Å². The smallest absolute Gasteiger partial charge is 0.351 e. The summed E-state index contributed by atoms with van der Waals surface area (Å²) in [6, 6.07) is 1.33. The van der Waals surface area contributed by atoms with Crippen molar-refractivity contribution in [1.82, 2.24) is 9.55 Å². The van der Waals surface area contributed by atoms with E-state index in [1.807, 2.05) is 0 Å². The number of nitrogens with two attached hydrogens (primary N) is 1. The van der Waals surface area contributed by atoms with Crippen LogP contribution >= 0.6 is 0 Å². The summed E-state index contributed by atoms with van der Waals surface area (Å²) in [5.74, 6) is 0.00595. The van der Waals surface area contributed by atoms with Gasteiger partial charge < -0.3 is 20.7 Å². The highest BCUT2D eigenvalue weighted by Crippen LogP contribution is 2.40. The summed E-state index contributed by atoms with van der Waals surface area (Å²) < 4.78 is 19.2. The quantitative estimate of drug-likeness (QED) is 0.658. The van der Waals surface area contributed by atoms with E-state index in [1.165, 1.54) is 12.3 Å². The standard InChI is InChI=1S/C11H16FN3O5/c1-2-11(5-16)8(17)7(20-12)9(19-11)15-4-3-6(13)14-10(15)18/h3-4,7-9,16-17H,2,5H2,1H3,(H2,13,14,18)/t7?,8?,9-,11-/m1/s1. The fraction of sp³-hybridized carbons (Fsp3) is 0.636. The van der Waals surface area contributed by atoms with Crippen LogP contribution in [0.15, 0.2) is 17.1 Å². The molecule has 4 atom stereocenters. The van der Waals surface area contributed by atoms with Gasteiger partial charge in [-0.25, -0.2) is 4.79 Å². The average molecular weight is 289 g/mol. The molecule has 112 valence electrons. The topological polar surface area (TPSA) is 120 Å². The summed E-state index contributed by atoms with van der Waals surface area (Å²) in [5.41, 5.74) is 3.20. The number of rotatable bonds is 4. The van der Waals surface area contributed by atoms with Crippen LogP contribution in [0.4, 0.5) is 10.3 Å². The molecule has 1 aromatic heterocycles. The molecular weight excluding hydrogens is 273 g/mol. The van der Waals surface area contributed by atoms with Gasteiger partial charge in [0.15, 0.2) is 12.3 Å². The Bertz CT molecular complexity index is 533. The van der Waals surface area contributed by atoms with Gasteiger partial charge >= 0.3 is 5.69 Å². The van der Waals surface area contributed by atoms with Crippen molar-refractivity contribution >= 4 is 5.82 Å². The first-order valence-corrected chi connectivity index (χ1v) is 6.08. The fourth-order valence-electron chi connectivity index (χ4n) is 2.29. The molecule has 9 heteroatoms. The average Bonchev–Trinajstić information content (AvgIpc) is 2.71. The Balaban J connectivity index is 2.43. The molecule has 8 nitrogen and oxygen atoms in total. The number of ether oxygens (including phenoxy) is 1. The lowest BCUT2D eigenvalue weighted by Crippen LogP contribution is -2.45. The minimum Gasteiger partial charge on any atom is -0.393 e. The first-order valence-electron chi connectivity index (χ1n) is 6.08. The maximum atomic E-state index is 12.7. The second-order valence-electron chi connectivity index (χ2n) is 4.63. The third-order valence-corrected chi connectivity index (χ3v) is 3.58. The molecule has 0 amide bonds. The van der Waals surface area contributed by atoms with Crippen molar-refractivity contribution in [1.29, 1.82) is 0 Å². The molecule has 2 rings (SSSR count). The summed E-state index contributed by atoms with van der Waals surface area (Å²) in [4.78, 5) is 19.0. The number of nitrogen functional groups attached to an aromatic ring is 1. The number of hydrogen-bond acceptors (Lipinski definition) is 7. The van der Waals surface area contributed by atoms with Crippen molar-refractivity contribution in [3.05, 3.63) is 22.7 Å². The molecule has 1 aliphatic heterocycles. The molecule has 4 N–H and O–H groups in total. The molecule has 0 radical (unpaired) electrons. The Morgan fingerprint density at radius 3 is 2.90 bits per heavy atom. The van der Waals surface area contributed by atoms with Crippen LogP contribution in [-0.4, -0.2) is 44.2 Å². The Morgan fingerprint density at radius 2 is 2.40 bits per heavy atom. The number of halogens is 1. The van der Waals surface area contributed by atoms with Crippen LogP contribution in [0.25, 0.3) is 0 Å². The van der Waals surface area contributed by atoms with Crippen LogP contribution in [-0.2, 0) is 9.68 Å². The lowest BCUT2D eigenvalue weighted by atomic mass is 9.93. The van der Waals surface area contributed by atoms with Crippen LogP contribution in [0.5, 0.6) is 0 Å². The summed E-state index contributed by atoms with van der Waals surface area (Å²) in [5, 5.41) is 19.5. The van der Waals surface area contributed by atoms with Crippen molar-refractivity contribution in [3.63, 3.8) is 0 Å². The highest BCUT2D eigenvalue weighted by molar-refractivity contribution is 5.23. The van der Waals surface area contributed by atoms with Gasteiger partial charge in [0.2, 0.25) is 0 Å². The molecule has 0 bridgehead atoms. The van der Waals surface area contributed by atoms with E-state index in [4.69, 9.17) is 10.5 Å². The van der Waals surface area contributed by atoms with Crippen LogP contribution in [0.1, 0.15) is 19.6 Å². The van der Waals surface area contributed by atoms with Gasteiger partial charge in [-0.2, -0.15) is 9.93 Å². The molecule has 20 heavy (non-hydrogen) atoms. The molecule has 1 saturated heterocycles. The van der Waals surface area contributed by atoms with E-state index in [2.05, 4.69) is 9.93 Å². The predicted molar refractivity (Wildman–Crippen MR) is 65.1 cm³/mol. The molecular formula is C11H16FN3O5. The summed E-state index contributed by atoms with van der Waals surface area (Å²) in [7, 11) is 0. The SMILES string of the molecule is CC[C@]1(CO)O[C@@H](n2ccc(N)nc2=O)C(OF)C1O. The molecule has 2 unspecified atom stereocenters. The van der Waals surface area contributed by atoms with Gasteiger partial charge in [-0.1, -0.05) is 6.92 Å². The first-order chi connectivity index (χ1) is 9.49. The lowest BCUT2D eigenvalue weighted by molar-refractivity contribution is -0.221.